The molecule has 2 nitrogen and oxygen atoms in total. The first kappa shape index (κ1) is 12.6. The molecule has 0 amide bonds. The number of hydrogen-bond acceptors (Lipinski definition) is 1. The lowest BCUT2D eigenvalue weighted by molar-refractivity contribution is 0.101. The van der Waals surface area contributed by atoms with Gasteiger partial charge in [0.05, 0.1) is 5.52 Å². The summed E-state index contributed by atoms with van der Waals surface area (Å²) in [4.78, 5) is 11.5. The first-order valence-electron chi connectivity index (χ1n) is 6.45. The summed E-state index contributed by atoms with van der Waals surface area (Å²) in [6.07, 6.45) is 1.94. The van der Waals surface area contributed by atoms with E-state index in [1.165, 1.54) is 12.1 Å². The molecule has 0 fully saturated rings. The topological polar surface area (TPSA) is 22.0 Å². The van der Waals surface area contributed by atoms with Crippen molar-refractivity contribution in [3.05, 3.63) is 65.6 Å². The maximum Gasteiger partial charge on any atom is 0.159 e. The standard InChI is InChI=1S/C17H14FNO/c1-11-9-14(12(2)20)10-13-7-8-19(17(11)13)16-5-3-15(18)4-6-16/h3-10H,1-2H3. The first-order valence-corrected chi connectivity index (χ1v) is 6.45. The Labute approximate surface area is 116 Å². The first-order chi connectivity index (χ1) is 9.56. The van der Waals surface area contributed by atoms with Crippen molar-refractivity contribution >= 4 is 16.7 Å². The second-order valence-electron chi connectivity index (χ2n) is 4.95. The van der Waals surface area contributed by atoms with Crippen molar-refractivity contribution in [2.24, 2.45) is 0 Å². The van der Waals surface area contributed by atoms with Gasteiger partial charge in [0.15, 0.2) is 5.78 Å². The van der Waals surface area contributed by atoms with Gasteiger partial charge in [0.1, 0.15) is 5.82 Å². The fraction of sp³-hybridized carbons (Fsp3) is 0.118. The Balaban J connectivity index is 2.23. The van der Waals surface area contributed by atoms with Crippen LogP contribution in [0.15, 0.2) is 48.7 Å². The van der Waals surface area contributed by atoms with Crippen molar-refractivity contribution in [1.29, 1.82) is 0 Å². The fourth-order valence-corrected chi connectivity index (χ4v) is 2.51. The minimum atomic E-state index is -0.249. The molecule has 1 aromatic heterocycles. The maximum absolute atomic E-state index is 13.0. The van der Waals surface area contributed by atoms with Gasteiger partial charge < -0.3 is 4.57 Å². The van der Waals surface area contributed by atoms with Crippen molar-refractivity contribution in [3.8, 4) is 5.69 Å². The van der Waals surface area contributed by atoms with Gasteiger partial charge in [-0.25, -0.2) is 4.39 Å². The Hall–Kier alpha value is -2.42. The Morgan fingerprint density at radius 2 is 1.80 bits per heavy atom. The molecule has 0 saturated heterocycles. The summed E-state index contributed by atoms with van der Waals surface area (Å²) in [5, 5.41) is 1.01. The molecule has 3 heteroatoms. The predicted molar refractivity (Wildman–Crippen MR) is 78.0 cm³/mol. The van der Waals surface area contributed by atoms with E-state index in [1.807, 2.05) is 35.9 Å². The zero-order chi connectivity index (χ0) is 14.3. The largest absolute Gasteiger partial charge is 0.316 e. The molecule has 0 atom stereocenters. The van der Waals surface area contributed by atoms with Gasteiger partial charge in [0, 0.05) is 22.8 Å². The van der Waals surface area contributed by atoms with Crippen LogP contribution in [0.3, 0.4) is 0 Å². The lowest BCUT2D eigenvalue weighted by Crippen LogP contribution is -1.97. The molecule has 0 N–H and O–H groups in total. The smallest absolute Gasteiger partial charge is 0.159 e. The zero-order valence-electron chi connectivity index (χ0n) is 11.4. The number of ketones is 1. The molecular formula is C17H14FNO. The van der Waals surface area contributed by atoms with Crippen LogP contribution in [-0.2, 0) is 0 Å². The molecule has 0 unspecified atom stereocenters. The number of Topliss-reactive ketones (excluding diaryl/α,β-unsaturated/α-hetero) is 1. The summed E-state index contributed by atoms with van der Waals surface area (Å²) in [5.41, 5.74) is 3.69. The van der Waals surface area contributed by atoms with Gasteiger partial charge in [0.2, 0.25) is 0 Å². The number of nitrogens with zero attached hydrogens (tertiary/aromatic N) is 1. The third-order valence-corrected chi connectivity index (χ3v) is 3.49. The summed E-state index contributed by atoms with van der Waals surface area (Å²) >= 11 is 0. The van der Waals surface area contributed by atoms with Gasteiger partial charge >= 0.3 is 0 Å². The highest BCUT2D eigenvalue weighted by molar-refractivity contribution is 5.99. The van der Waals surface area contributed by atoms with Gasteiger partial charge in [-0.15, -0.1) is 0 Å². The molecule has 0 radical (unpaired) electrons. The van der Waals surface area contributed by atoms with Gasteiger partial charge in [-0.1, -0.05) is 0 Å². The summed E-state index contributed by atoms with van der Waals surface area (Å²) < 4.78 is 15.0. The number of carbonyl (C=O) groups excluding carboxylic acids is 1. The summed E-state index contributed by atoms with van der Waals surface area (Å²) in [6, 6.07) is 12.1. The Bertz CT molecular complexity index is 800. The maximum atomic E-state index is 13.0. The van der Waals surface area contributed by atoms with Crippen LogP contribution >= 0.6 is 0 Å². The van der Waals surface area contributed by atoms with E-state index in [0.29, 0.717) is 5.56 Å². The summed E-state index contributed by atoms with van der Waals surface area (Å²) in [7, 11) is 0. The molecule has 2 aromatic carbocycles. The van der Waals surface area contributed by atoms with Gasteiger partial charge in [-0.2, -0.15) is 0 Å². The Kier molecular flexibility index (Phi) is 2.90. The zero-order valence-corrected chi connectivity index (χ0v) is 11.4. The molecule has 0 aliphatic carbocycles. The number of rotatable bonds is 2. The molecule has 0 saturated carbocycles. The Morgan fingerprint density at radius 1 is 1.10 bits per heavy atom. The van der Waals surface area contributed by atoms with E-state index in [9.17, 15) is 9.18 Å². The van der Waals surface area contributed by atoms with Crippen LogP contribution in [0.4, 0.5) is 4.39 Å². The van der Waals surface area contributed by atoms with Crippen molar-refractivity contribution in [2.45, 2.75) is 13.8 Å². The van der Waals surface area contributed by atoms with Gasteiger partial charge in [-0.05, 0) is 61.9 Å². The normalized spacial score (nSPS) is 10.9. The number of aromatic nitrogens is 1. The molecule has 0 aliphatic heterocycles. The van der Waals surface area contributed by atoms with Crippen LogP contribution < -0.4 is 0 Å². The fourth-order valence-electron chi connectivity index (χ4n) is 2.51. The third-order valence-electron chi connectivity index (χ3n) is 3.49. The van der Waals surface area contributed by atoms with Crippen molar-refractivity contribution in [3.63, 3.8) is 0 Å². The molecule has 3 aromatic rings. The van der Waals surface area contributed by atoms with Gasteiger partial charge in [-0.3, -0.25) is 4.79 Å². The van der Waals surface area contributed by atoms with Crippen LogP contribution in [0.5, 0.6) is 0 Å². The van der Waals surface area contributed by atoms with Crippen LogP contribution in [-0.4, -0.2) is 10.4 Å². The van der Waals surface area contributed by atoms with E-state index in [4.69, 9.17) is 0 Å². The second-order valence-corrected chi connectivity index (χ2v) is 4.95. The minimum Gasteiger partial charge on any atom is -0.316 e. The Morgan fingerprint density at radius 3 is 2.45 bits per heavy atom. The molecule has 0 bridgehead atoms. The lowest BCUT2D eigenvalue weighted by atomic mass is 10.1. The van der Waals surface area contributed by atoms with E-state index in [2.05, 4.69) is 0 Å². The minimum absolute atomic E-state index is 0.0598. The molecule has 1 heterocycles. The lowest BCUT2D eigenvalue weighted by Gasteiger charge is -2.09. The van der Waals surface area contributed by atoms with E-state index in [0.717, 1.165) is 22.2 Å². The quantitative estimate of drug-likeness (QED) is 0.635. The monoisotopic (exact) mass is 267 g/mol. The van der Waals surface area contributed by atoms with Crippen molar-refractivity contribution in [2.75, 3.05) is 0 Å². The summed E-state index contributed by atoms with van der Waals surface area (Å²) in [5.74, 6) is -0.190. The van der Waals surface area contributed by atoms with Crippen molar-refractivity contribution < 1.29 is 9.18 Å². The highest BCUT2D eigenvalue weighted by Crippen LogP contribution is 2.25. The molecule has 20 heavy (non-hydrogen) atoms. The van der Waals surface area contributed by atoms with Crippen LogP contribution in [0.1, 0.15) is 22.8 Å². The number of aryl methyl sites for hydroxylation is 1. The average molecular weight is 267 g/mol. The van der Waals surface area contributed by atoms with E-state index < -0.39 is 0 Å². The summed E-state index contributed by atoms with van der Waals surface area (Å²) in [6.45, 7) is 3.55. The van der Waals surface area contributed by atoms with Crippen LogP contribution in [0.2, 0.25) is 0 Å². The molecule has 3 rings (SSSR count). The second kappa shape index (κ2) is 4.60. The van der Waals surface area contributed by atoms with E-state index in [-0.39, 0.29) is 11.6 Å². The molecule has 100 valence electrons. The molecular weight excluding hydrogens is 253 g/mol. The predicted octanol–water partition coefficient (Wildman–Crippen LogP) is 4.28. The van der Waals surface area contributed by atoms with E-state index in [1.54, 1.807) is 19.1 Å². The van der Waals surface area contributed by atoms with Crippen LogP contribution in [0.25, 0.3) is 16.6 Å². The number of carbonyl (C=O) groups is 1. The number of hydrogen-bond donors (Lipinski definition) is 0. The van der Waals surface area contributed by atoms with Crippen molar-refractivity contribution in [1.82, 2.24) is 4.57 Å². The number of halogens is 1. The van der Waals surface area contributed by atoms with E-state index >= 15 is 0 Å². The SMILES string of the molecule is CC(=O)c1cc(C)c2c(ccn2-c2ccc(F)cc2)c1. The number of benzene rings is 2. The average Bonchev–Trinajstić information content (AvgIpc) is 2.84. The van der Waals surface area contributed by atoms with Gasteiger partial charge in [0.25, 0.3) is 0 Å². The molecule has 0 spiro atoms. The number of fused-ring (bicyclic) bond motifs is 1. The highest BCUT2D eigenvalue weighted by Gasteiger charge is 2.09. The van der Waals surface area contributed by atoms with Crippen LogP contribution in [0, 0.1) is 12.7 Å². The molecule has 0 aliphatic rings. The highest BCUT2D eigenvalue weighted by atomic mass is 19.1. The third kappa shape index (κ3) is 2.01.